The van der Waals surface area contributed by atoms with Crippen LogP contribution in [-0.2, 0) is 11.5 Å². The first-order valence-corrected chi connectivity index (χ1v) is 10.5. The van der Waals surface area contributed by atoms with Crippen LogP contribution in [0.2, 0.25) is 5.02 Å². The van der Waals surface area contributed by atoms with E-state index >= 15 is 0 Å². The molecule has 1 N–H and O–H groups in total. The van der Waals surface area contributed by atoms with Crippen LogP contribution in [0.15, 0.2) is 36.7 Å². The molecule has 3 aromatic rings. The third kappa shape index (κ3) is 3.76. The number of hydrogen-bond donors (Lipinski definition) is 1. The molecule has 0 saturated carbocycles. The Morgan fingerprint density at radius 1 is 1.20 bits per heavy atom. The van der Waals surface area contributed by atoms with E-state index < -0.39 is 0 Å². The topological polar surface area (TPSA) is 68.7 Å². The molecule has 2 aliphatic heterocycles. The molecule has 3 heterocycles. The second-order valence-corrected chi connectivity index (χ2v) is 8.22. The summed E-state index contributed by atoms with van der Waals surface area (Å²) in [5.41, 5.74) is 2.35. The normalized spacial score (nSPS) is 17.0. The summed E-state index contributed by atoms with van der Waals surface area (Å²) in [6.45, 7) is 3.29. The molecule has 156 valence electrons. The molecule has 30 heavy (non-hydrogen) atoms. The minimum atomic E-state index is 0.386. The van der Waals surface area contributed by atoms with Crippen LogP contribution >= 0.6 is 11.6 Å². The molecule has 0 radical (unpaired) electrons. The van der Waals surface area contributed by atoms with Gasteiger partial charge in [-0.05, 0) is 57.1 Å². The van der Waals surface area contributed by atoms with E-state index in [0.717, 1.165) is 48.1 Å². The second kappa shape index (κ2) is 8.26. The minimum absolute atomic E-state index is 0.386. The van der Waals surface area contributed by atoms with Gasteiger partial charge in [-0.25, -0.2) is 9.97 Å². The van der Waals surface area contributed by atoms with Crippen LogP contribution in [0.25, 0.3) is 10.9 Å². The number of nitrogens with one attached hydrogen (secondary N) is 1. The molecule has 1 saturated heterocycles. The van der Waals surface area contributed by atoms with Gasteiger partial charge in [0, 0.05) is 5.56 Å². The van der Waals surface area contributed by atoms with Crippen molar-refractivity contribution in [3.63, 3.8) is 0 Å². The van der Waals surface area contributed by atoms with Crippen molar-refractivity contribution in [1.82, 2.24) is 14.9 Å². The summed E-state index contributed by atoms with van der Waals surface area (Å²) in [5.74, 6) is 2.51. The number of benzene rings is 2. The van der Waals surface area contributed by atoms with Crippen LogP contribution in [0.1, 0.15) is 18.4 Å². The van der Waals surface area contributed by atoms with Gasteiger partial charge < -0.3 is 19.8 Å². The number of nitrogens with zero attached hydrogens (tertiary/aromatic N) is 3. The van der Waals surface area contributed by atoms with Crippen molar-refractivity contribution in [3.8, 4) is 11.5 Å². The van der Waals surface area contributed by atoms with E-state index in [2.05, 4.69) is 27.2 Å². The largest absolute Gasteiger partial charge is 0.492 e. The Kier molecular flexibility index (Phi) is 5.33. The number of likely N-dealkylation sites (tertiary alicyclic amines) is 1. The Labute approximate surface area is 179 Å². The zero-order valence-corrected chi connectivity index (χ0v) is 17.5. The smallest absolute Gasteiger partial charge is 0.196 e. The first-order chi connectivity index (χ1) is 14.7. The van der Waals surface area contributed by atoms with Crippen molar-refractivity contribution < 1.29 is 14.5 Å². The van der Waals surface area contributed by atoms with Crippen molar-refractivity contribution in [1.29, 1.82) is 0 Å². The van der Waals surface area contributed by atoms with Gasteiger partial charge in [-0.1, -0.05) is 23.7 Å². The highest BCUT2D eigenvalue weighted by molar-refractivity contribution is 6.33. The average molecular weight is 427 g/mol. The summed E-state index contributed by atoms with van der Waals surface area (Å²) < 4.78 is 6.27. The first-order valence-electron chi connectivity index (χ1n) is 10.1. The fourth-order valence-corrected chi connectivity index (χ4v) is 4.12. The van der Waals surface area contributed by atoms with Crippen LogP contribution in [-0.4, -0.2) is 41.6 Å². The fourth-order valence-electron chi connectivity index (χ4n) is 3.93. The molecule has 0 aliphatic carbocycles. The van der Waals surface area contributed by atoms with Crippen molar-refractivity contribution in [2.75, 3.05) is 32.1 Å². The zero-order chi connectivity index (χ0) is 20.5. The van der Waals surface area contributed by atoms with Gasteiger partial charge in [0.05, 0.1) is 22.5 Å². The fraction of sp³-hybridized carbons (Fsp3) is 0.364. The molecule has 0 atom stereocenters. The molecule has 8 heteroatoms. The van der Waals surface area contributed by atoms with E-state index in [1.54, 1.807) is 0 Å². The maximum atomic E-state index is 6.45. The Hall–Kier alpha value is -2.61. The van der Waals surface area contributed by atoms with Crippen LogP contribution in [0, 0.1) is 5.92 Å². The number of aromatic nitrogens is 2. The lowest BCUT2D eigenvalue weighted by Crippen LogP contribution is -2.32. The molecule has 1 aromatic heterocycles. The van der Waals surface area contributed by atoms with E-state index in [0.29, 0.717) is 41.4 Å². The summed E-state index contributed by atoms with van der Waals surface area (Å²) in [5, 5.41) is 4.67. The predicted octanol–water partition coefficient (Wildman–Crippen LogP) is 4.57. The Morgan fingerprint density at radius 3 is 2.93 bits per heavy atom. The maximum absolute atomic E-state index is 6.45. The van der Waals surface area contributed by atoms with Gasteiger partial charge in [-0.2, -0.15) is 4.89 Å². The highest BCUT2D eigenvalue weighted by Gasteiger charge is 2.23. The minimum Gasteiger partial charge on any atom is -0.492 e. The first kappa shape index (κ1) is 19.4. The summed E-state index contributed by atoms with van der Waals surface area (Å²) >= 11 is 6.45. The molecule has 0 unspecified atom stereocenters. The van der Waals surface area contributed by atoms with Crippen LogP contribution in [0.3, 0.4) is 0 Å². The standard InChI is InChI=1S/C22H23ClN4O3/c1-27-9-7-14(8-10-27)11-28-18-4-2-3-17-19(18)22(25-13-24-17)26-20-16(23)6-5-15-12-29-30-21(15)20/h2-6,13-14H,7-12H2,1H3,(H,24,25,26). The van der Waals surface area contributed by atoms with E-state index in [1.807, 2.05) is 30.3 Å². The average Bonchev–Trinajstić information content (AvgIpc) is 3.24. The molecule has 7 nitrogen and oxygen atoms in total. The van der Waals surface area contributed by atoms with Crippen molar-refractivity contribution in [2.45, 2.75) is 19.4 Å². The molecule has 0 bridgehead atoms. The van der Waals surface area contributed by atoms with Gasteiger partial charge in [-0.3, -0.25) is 0 Å². The molecule has 1 fully saturated rings. The quantitative estimate of drug-likeness (QED) is 0.599. The SMILES string of the molecule is CN1CCC(COc2cccc3ncnc(Nc4c(Cl)ccc5c4OOC5)c23)CC1. The van der Waals surface area contributed by atoms with Crippen LogP contribution in [0.4, 0.5) is 11.5 Å². The lowest BCUT2D eigenvalue weighted by Gasteiger charge is -2.28. The molecule has 0 spiro atoms. The summed E-state index contributed by atoms with van der Waals surface area (Å²) in [4.78, 5) is 21.7. The van der Waals surface area contributed by atoms with Gasteiger partial charge in [0.25, 0.3) is 0 Å². The maximum Gasteiger partial charge on any atom is 0.196 e. The second-order valence-electron chi connectivity index (χ2n) is 7.81. The van der Waals surface area contributed by atoms with Crippen molar-refractivity contribution in [3.05, 3.63) is 47.2 Å². The van der Waals surface area contributed by atoms with Crippen molar-refractivity contribution >= 4 is 34.0 Å². The van der Waals surface area contributed by atoms with E-state index in [1.165, 1.54) is 6.33 Å². The Morgan fingerprint density at radius 2 is 2.07 bits per heavy atom. The molecular formula is C22H23ClN4O3. The van der Waals surface area contributed by atoms with Gasteiger partial charge in [0.15, 0.2) is 5.75 Å². The highest BCUT2D eigenvalue weighted by Crippen LogP contribution is 2.42. The molecule has 2 aromatic carbocycles. The summed E-state index contributed by atoms with van der Waals surface area (Å²) in [6.07, 6.45) is 3.82. The van der Waals surface area contributed by atoms with Crippen LogP contribution in [0.5, 0.6) is 11.5 Å². The van der Waals surface area contributed by atoms with Crippen molar-refractivity contribution in [2.24, 2.45) is 5.92 Å². The van der Waals surface area contributed by atoms with Gasteiger partial charge >= 0.3 is 0 Å². The number of hydrogen-bond acceptors (Lipinski definition) is 7. The number of rotatable bonds is 5. The summed E-state index contributed by atoms with van der Waals surface area (Å²) in [6, 6.07) is 9.57. The van der Waals surface area contributed by atoms with E-state index in [4.69, 9.17) is 26.1 Å². The number of piperidine rings is 1. The highest BCUT2D eigenvalue weighted by atomic mass is 35.5. The zero-order valence-electron chi connectivity index (χ0n) is 16.7. The van der Waals surface area contributed by atoms with Gasteiger partial charge in [-0.15, -0.1) is 0 Å². The number of ether oxygens (including phenoxy) is 1. The summed E-state index contributed by atoms with van der Waals surface area (Å²) in [7, 11) is 2.16. The Bertz CT molecular complexity index is 1060. The number of halogens is 1. The van der Waals surface area contributed by atoms with Gasteiger partial charge in [0.2, 0.25) is 0 Å². The predicted molar refractivity (Wildman–Crippen MR) is 115 cm³/mol. The Balaban J connectivity index is 1.46. The lowest BCUT2D eigenvalue weighted by molar-refractivity contribution is -0.194. The van der Waals surface area contributed by atoms with E-state index in [9.17, 15) is 0 Å². The monoisotopic (exact) mass is 426 g/mol. The molecule has 2 aliphatic rings. The third-order valence-corrected chi connectivity index (χ3v) is 6.04. The number of fused-ring (bicyclic) bond motifs is 2. The molecule has 0 amide bonds. The van der Waals surface area contributed by atoms with Crippen LogP contribution < -0.4 is 14.9 Å². The molecule has 5 rings (SSSR count). The number of anilines is 2. The van der Waals surface area contributed by atoms with Gasteiger partial charge in [0.1, 0.15) is 30.2 Å². The van der Waals surface area contributed by atoms with E-state index in [-0.39, 0.29) is 0 Å². The third-order valence-electron chi connectivity index (χ3n) is 5.73. The lowest BCUT2D eigenvalue weighted by atomic mass is 9.98. The molecular weight excluding hydrogens is 404 g/mol.